The molecule has 14 rings (SSSR count). The molecule has 0 amide bonds. The number of benzene rings is 10. The van der Waals surface area contributed by atoms with Crippen molar-refractivity contribution >= 4 is 54.8 Å². The van der Waals surface area contributed by atoms with Gasteiger partial charge in [0.25, 0.3) is 6.33 Å². The number of imidazole rings is 1. The first-order chi connectivity index (χ1) is 44.6. The van der Waals surface area contributed by atoms with Gasteiger partial charge in [0.1, 0.15) is 17.0 Å². The molecule has 0 aliphatic heterocycles. The van der Waals surface area contributed by atoms with Crippen molar-refractivity contribution in [1.29, 1.82) is 0 Å². The van der Waals surface area contributed by atoms with E-state index in [-0.39, 0.29) is 65.3 Å². The van der Waals surface area contributed by atoms with Crippen LogP contribution in [-0.2, 0) is 37.3 Å². The summed E-state index contributed by atoms with van der Waals surface area (Å²) < 4.78 is 109. The second kappa shape index (κ2) is 21.2. The van der Waals surface area contributed by atoms with Crippen molar-refractivity contribution in [2.75, 3.05) is 0 Å². The number of para-hydroxylation sites is 1. The zero-order valence-electron chi connectivity index (χ0n) is 58.5. The third-order valence-electron chi connectivity index (χ3n) is 15.9. The number of furan rings is 1. The first kappa shape index (κ1) is 44.4. The minimum absolute atomic E-state index is 0. The van der Waals surface area contributed by atoms with E-state index in [4.69, 9.17) is 22.4 Å². The van der Waals surface area contributed by atoms with Crippen LogP contribution in [0, 0.1) is 18.5 Å². The van der Waals surface area contributed by atoms with E-state index < -0.39 is 60.4 Å². The van der Waals surface area contributed by atoms with Crippen LogP contribution >= 0.6 is 0 Å². The van der Waals surface area contributed by atoms with Gasteiger partial charge < -0.3 is 18.3 Å². The van der Waals surface area contributed by atoms with Gasteiger partial charge >= 0.3 is 0 Å². The van der Waals surface area contributed by atoms with Crippen molar-refractivity contribution < 1.29 is 48.5 Å². The standard InChI is InChI=1S/C78H64N4O2.Pt/c1-76(2,3)56-37-38-79-74(44-56)82-68-35-31-54(55-39-57(77(4,5)6)43-58(40-55)78(7,8)9)41-65(68)64-34-33-61(46-69(64)82)83-60-28-19-27-59(45-60)80-49-81(75-62(51-23-15-11-16-24-51)29-20-30-63(75)52-25-17-12-18-26-52)70-47-67-66-42-53(50-21-13-10-14-22-50)32-36-72(66)84-73(67)48-71(70)80;/h10-44,47-48H,1-9H3;/q-2;/i11D,12D,15D,16D,17D,18D,23D,24D,25D,26D;. The molecule has 4 aromatic heterocycles. The van der Waals surface area contributed by atoms with Crippen LogP contribution < -0.4 is 9.30 Å². The molecule has 0 N–H and O–H groups in total. The van der Waals surface area contributed by atoms with Gasteiger partial charge in [-0.3, -0.25) is 4.57 Å². The molecule has 420 valence electrons. The molecule has 85 heavy (non-hydrogen) atoms. The average molecular weight is 1290 g/mol. The van der Waals surface area contributed by atoms with E-state index in [1.54, 1.807) is 33.4 Å². The number of fused-ring (bicyclic) bond motifs is 7. The number of hydrogen-bond acceptors (Lipinski definition) is 3. The van der Waals surface area contributed by atoms with Crippen LogP contribution in [0.4, 0.5) is 0 Å². The Balaban J connectivity index is 0.00000818. The molecule has 0 atom stereocenters. The Morgan fingerprint density at radius 3 is 1.79 bits per heavy atom. The summed E-state index contributed by atoms with van der Waals surface area (Å²) in [5.74, 6) is 1.45. The van der Waals surface area contributed by atoms with Gasteiger partial charge in [0.2, 0.25) is 0 Å². The van der Waals surface area contributed by atoms with Gasteiger partial charge in [-0.1, -0.05) is 213 Å². The summed E-state index contributed by atoms with van der Waals surface area (Å²) in [7, 11) is 0. The smallest absolute Gasteiger partial charge is 0.268 e. The Morgan fingerprint density at radius 1 is 0.482 bits per heavy atom. The Labute approximate surface area is 526 Å². The Morgan fingerprint density at radius 2 is 1.11 bits per heavy atom. The van der Waals surface area contributed by atoms with Crippen LogP contribution in [0.25, 0.3) is 116 Å². The van der Waals surface area contributed by atoms with Gasteiger partial charge in [0.05, 0.1) is 30.4 Å². The van der Waals surface area contributed by atoms with Gasteiger partial charge in [-0.2, -0.15) is 18.2 Å². The van der Waals surface area contributed by atoms with E-state index in [2.05, 4.69) is 146 Å². The molecule has 6 nitrogen and oxygen atoms in total. The third-order valence-corrected chi connectivity index (χ3v) is 15.9. The molecule has 0 spiro atoms. The topological polar surface area (TPSA) is 49.0 Å². The largest absolute Gasteiger partial charge is 0.510 e. The van der Waals surface area contributed by atoms with Gasteiger partial charge in [-0.05, 0) is 131 Å². The maximum absolute atomic E-state index is 9.33. The van der Waals surface area contributed by atoms with E-state index in [0.717, 1.165) is 60.8 Å². The molecule has 10 aromatic carbocycles. The summed E-state index contributed by atoms with van der Waals surface area (Å²) in [6.07, 6.45) is 5.39. The number of hydrogen-bond donors (Lipinski definition) is 0. The van der Waals surface area contributed by atoms with Crippen molar-refractivity contribution in [2.24, 2.45) is 0 Å². The molecule has 0 bridgehead atoms. The summed E-state index contributed by atoms with van der Waals surface area (Å²) in [6.45, 7) is 20.1. The van der Waals surface area contributed by atoms with Gasteiger partial charge in [-0.15, -0.1) is 29.7 Å². The summed E-state index contributed by atoms with van der Waals surface area (Å²) in [5.41, 5.74) is 11.7. The molecule has 0 fully saturated rings. The molecule has 7 heteroatoms. The van der Waals surface area contributed by atoms with E-state index in [0.29, 0.717) is 44.8 Å². The molecule has 0 radical (unpaired) electrons. The maximum Gasteiger partial charge on any atom is 0.268 e. The number of pyridine rings is 1. The van der Waals surface area contributed by atoms with E-state index >= 15 is 0 Å². The maximum atomic E-state index is 9.33. The van der Waals surface area contributed by atoms with Gasteiger partial charge in [0, 0.05) is 55.1 Å². The van der Waals surface area contributed by atoms with Crippen LogP contribution in [0.1, 0.15) is 92.7 Å². The van der Waals surface area contributed by atoms with Crippen molar-refractivity contribution in [3.8, 4) is 73.2 Å². The zero-order chi connectivity index (χ0) is 66.4. The first-order valence-electron chi connectivity index (χ1n) is 33.2. The first-order valence-corrected chi connectivity index (χ1v) is 28.2. The summed E-state index contributed by atoms with van der Waals surface area (Å²) in [5, 5.41) is 3.46. The molecule has 0 saturated carbocycles. The monoisotopic (exact) mass is 1290 g/mol. The summed E-state index contributed by atoms with van der Waals surface area (Å²) in [6, 6.07) is 53.4. The fourth-order valence-corrected chi connectivity index (χ4v) is 11.3. The molecular formula is C78H64N4O2Pt-2. The fourth-order valence-electron chi connectivity index (χ4n) is 11.3. The van der Waals surface area contributed by atoms with Crippen LogP contribution in [0.15, 0.2) is 229 Å². The summed E-state index contributed by atoms with van der Waals surface area (Å²) >= 11 is 0. The minimum Gasteiger partial charge on any atom is -0.510 e. The number of aromatic nitrogens is 4. The number of rotatable bonds is 9. The second-order valence-corrected chi connectivity index (χ2v) is 24.6. The third kappa shape index (κ3) is 10.2. The molecule has 4 heterocycles. The molecule has 0 saturated heterocycles. The quantitative estimate of drug-likeness (QED) is 0.107. The Kier molecular flexibility index (Phi) is 11.1. The van der Waals surface area contributed by atoms with Crippen LogP contribution in [0.5, 0.6) is 11.5 Å². The minimum atomic E-state index is -0.593. The predicted molar refractivity (Wildman–Crippen MR) is 345 cm³/mol. The van der Waals surface area contributed by atoms with Crippen molar-refractivity contribution in [3.63, 3.8) is 0 Å². The molecule has 0 unspecified atom stereocenters. The molecule has 0 aliphatic rings. The van der Waals surface area contributed by atoms with Gasteiger partial charge in [-0.25, -0.2) is 4.98 Å². The Bertz CT molecular complexity index is 5320. The van der Waals surface area contributed by atoms with Crippen LogP contribution in [0.3, 0.4) is 0 Å². The Hall–Kier alpha value is -9.09. The van der Waals surface area contributed by atoms with Crippen molar-refractivity contribution in [3.05, 3.63) is 259 Å². The van der Waals surface area contributed by atoms with Crippen molar-refractivity contribution in [2.45, 2.75) is 78.6 Å². The summed E-state index contributed by atoms with van der Waals surface area (Å²) in [4.78, 5) is 4.99. The number of ether oxygens (including phenoxy) is 1. The molecule has 14 aromatic rings. The second-order valence-electron chi connectivity index (χ2n) is 24.6. The van der Waals surface area contributed by atoms with E-state index in [1.165, 1.54) is 11.1 Å². The van der Waals surface area contributed by atoms with Crippen molar-refractivity contribution in [1.82, 2.24) is 14.1 Å². The molecule has 0 aliphatic carbocycles. The van der Waals surface area contributed by atoms with E-state index in [9.17, 15) is 5.48 Å². The van der Waals surface area contributed by atoms with Gasteiger partial charge in [0.15, 0.2) is 0 Å². The molecular weight excluding hydrogens is 1220 g/mol. The normalized spacial score (nSPS) is 13.8. The zero-order valence-corrected chi connectivity index (χ0v) is 50.8. The SMILES string of the molecule is [2H]c1c([2H])c([2H])c(-c2cccc(-c3c([2H])c([2H])c([2H])c([2H])c3[2H])c2-[n+]2[c-]n(-c3[c-]c(Oc4[c-]c5c(cc4)c4cc(-c6cc(C(C)(C)C)cc(C(C)(C)C)c6)ccc4n5-c4cc(C(C)(C)C)ccn4)ccc3)c3cc4oc5ccc(-c6ccccc6)cc5c4cc32)c([2H])c1[2H].[Pt]. The van der Waals surface area contributed by atoms with Crippen LogP contribution in [0.2, 0.25) is 0 Å². The predicted octanol–water partition coefficient (Wildman–Crippen LogP) is 20.0. The number of nitrogens with zero attached hydrogens (tertiary/aromatic N) is 4. The van der Waals surface area contributed by atoms with E-state index in [1.807, 2.05) is 79.0 Å². The van der Waals surface area contributed by atoms with Crippen LogP contribution in [-0.4, -0.2) is 14.1 Å². The fraction of sp³-hybridized carbons (Fsp3) is 0.154. The average Bonchev–Trinajstić information content (AvgIpc) is 1.65.